The topological polar surface area (TPSA) is 55.4 Å². The van der Waals surface area contributed by atoms with Gasteiger partial charge in [-0.05, 0) is 54.8 Å². The average molecular weight is 343 g/mol. The fraction of sp³-hybridized carbons (Fsp3) is 0.263. The van der Waals surface area contributed by atoms with E-state index in [0.29, 0.717) is 17.9 Å². The van der Waals surface area contributed by atoms with Gasteiger partial charge in [-0.3, -0.25) is 4.79 Å². The second-order valence-electron chi connectivity index (χ2n) is 5.50. The van der Waals surface area contributed by atoms with E-state index in [1.807, 2.05) is 18.2 Å². The Labute approximate surface area is 146 Å². The lowest BCUT2D eigenvalue weighted by Gasteiger charge is -2.07. The highest BCUT2D eigenvalue weighted by Gasteiger charge is 2.06. The first-order valence-corrected chi connectivity index (χ1v) is 8.62. The van der Waals surface area contributed by atoms with Crippen molar-refractivity contribution in [1.29, 1.82) is 0 Å². The van der Waals surface area contributed by atoms with Crippen molar-refractivity contribution in [3.63, 3.8) is 0 Å². The van der Waals surface area contributed by atoms with Crippen molar-refractivity contribution in [3.05, 3.63) is 64.7 Å². The SMILES string of the molecule is COC(=O)c1ccc(CNC(=O)CSc2ccc(C)c(C)c2)cc1. The molecule has 4 nitrogen and oxygen atoms in total. The van der Waals surface area contributed by atoms with Crippen LogP contribution in [0.4, 0.5) is 0 Å². The van der Waals surface area contributed by atoms with E-state index < -0.39 is 0 Å². The van der Waals surface area contributed by atoms with Crippen LogP contribution in [0.5, 0.6) is 0 Å². The largest absolute Gasteiger partial charge is 0.465 e. The number of esters is 1. The summed E-state index contributed by atoms with van der Waals surface area (Å²) in [6.45, 7) is 4.58. The monoisotopic (exact) mass is 343 g/mol. The molecule has 0 spiro atoms. The van der Waals surface area contributed by atoms with Crippen LogP contribution >= 0.6 is 11.8 Å². The molecule has 0 bridgehead atoms. The zero-order valence-electron chi connectivity index (χ0n) is 14.1. The maximum atomic E-state index is 12.0. The van der Waals surface area contributed by atoms with E-state index in [2.05, 4.69) is 36.0 Å². The van der Waals surface area contributed by atoms with Crippen molar-refractivity contribution in [2.24, 2.45) is 0 Å². The van der Waals surface area contributed by atoms with Gasteiger partial charge in [-0.1, -0.05) is 18.2 Å². The summed E-state index contributed by atoms with van der Waals surface area (Å²) in [6, 6.07) is 13.2. The predicted molar refractivity (Wildman–Crippen MR) is 96.3 cm³/mol. The highest BCUT2D eigenvalue weighted by molar-refractivity contribution is 8.00. The van der Waals surface area contributed by atoms with Crippen LogP contribution in [0.15, 0.2) is 47.4 Å². The van der Waals surface area contributed by atoms with Crippen molar-refractivity contribution >= 4 is 23.6 Å². The fourth-order valence-electron chi connectivity index (χ4n) is 2.08. The molecule has 1 amide bonds. The van der Waals surface area contributed by atoms with E-state index in [1.54, 1.807) is 12.1 Å². The molecule has 0 radical (unpaired) electrons. The summed E-state index contributed by atoms with van der Waals surface area (Å²) in [7, 11) is 1.35. The predicted octanol–water partition coefficient (Wildman–Crippen LogP) is 3.50. The quantitative estimate of drug-likeness (QED) is 0.644. The van der Waals surface area contributed by atoms with Crippen LogP contribution in [-0.4, -0.2) is 24.7 Å². The van der Waals surface area contributed by atoms with Gasteiger partial charge in [0.15, 0.2) is 0 Å². The molecule has 1 N–H and O–H groups in total. The molecule has 0 fully saturated rings. The third-order valence-corrected chi connectivity index (χ3v) is 4.71. The Bertz CT molecular complexity index is 726. The molecule has 0 unspecified atom stereocenters. The molecule has 0 aliphatic carbocycles. The molecule has 2 aromatic carbocycles. The molecule has 24 heavy (non-hydrogen) atoms. The third-order valence-electron chi connectivity index (χ3n) is 3.71. The van der Waals surface area contributed by atoms with Crippen molar-refractivity contribution in [3.8, 4) is 0 Å². The molecule has 126 valence electrons. The van der Waals surface area contributed by atoms with Gasteiger partial charge >= 0.3 is 5.97 Å². The van der Waals surface area contributed by atoms with Gasteiger partial charge in [0.25, 0.3) is 0 Å². The summed E-state index contributed by atoms with van der Waals surface area (Å²) in [4.78, 5) is 24.4. The van der Waals surface area contributed by atoms with Gasteiger partial charge in [-0.25, -0.2) is 4.79 Å². The van der Waals surface area contributed by atoms with Crippen LogP contribution in [-0.2, 0) is 16.1 Å². The van der Waals surface area contributed by atoms with Gasteiger partial charge in [0, 0.05) is 11.4 Å². The fourth-order valence-corrected chi connectivity index (χ4v) is 2.90. The van der Waals surface area contributed by atoms with E-state index in [9.17, 15) is 9.59 Å². The Morgan fingerprint density at radius 1 is 1.04 bits per heavy atom. The lowest BCUT2D eigenvalue weighted by atomic mass is 10.1. The molecule has 5 heteroatoms. The van der Waals surface area contributed by atoms with E-state index in [0.717, 1.165) is 10.5 Å². The number of amides is 1. The Hall–Kier alpha value is -2.27. The van der Waals surface area contributed by atoms with E-state index >= 15 is 0 Å². The standard InChI is InChI=1S/C19H21NO3S/c1-13-4-9-17(10-14(13)2)24-12-18(21)20-11-15-5-7-16(8-6-15)19(22)23-3/h4-10H,11-12H2,1-3H3,(H,20,21). The molecule has 2 aromatic rings. The minimum Gasteiger partial charge on any atom is -0.465 e. The highest BCUT2D eigenvalue weighted by atomic mass is 32.2. The first-order chi connectivity index (χ1) is 11.5. The highest BCUT2D eigenvalue weighted by Crippen LogP contribution is 2.20. The summed E-state index contributed by atoms with van der Waals surface area (Å²) in [5.41, 5.74) is 3.91. The van der Waals surface area contributed by atoms with Gasteiger partial charge in [-0.2, -0.15) is 0 Å². The smallest absolute Gasteiger partial charge is 0.337 e. The average Bonchev–Trinajstić information content (AvgIpc) is 2.60. The summed E-state index contributed by atoms with van der Waals surface area (Å²) < 4.78 is 4.65. The second-order valence-corrected chi connectivity index (χ2v) is 6.55. The number of rotatable bonds is 6. The lowest BCUT2D eigenvalue weighted by Crippen LogP contribution is -2.24. The van der Waals surface area contributed by atoms with Crippen molar-refractivity contribution in [1.82, 2.24) is 5.32 Å². The molecule has 0 saturated heterocycles. The van der Waals surface area contributed by atoms with Crippen LogP contribution in [0.2, 0.25) is 0 Å². The number of thioether (sulfide) groups is 1. The number of hydrogen-bond acceptors (Lipinski definition) is 4. The van der Waals surface area contributed by atoms with E-state index in [-0.39, 0.29) is 11.9 Å². The van der Waals surface area contributed by atoms with E-state index in [4.69, 9.17) is 0 Å². The Morgan fingerprint density at radius 2 is 1.75 bits per heavy atom. The molecule has 0 aromatic heterocycles. The van der Waals surface area contributed by atoms with Gasteiger partial charge in [0.2, 0.25) is 5.91 Å². The van der Waals surface area contributed by atoms with Crippen LogP contribution < -0.4 is 5.32 Å². The normalized spacial score (nSPS) is 10.3. The molecule has 0 atom stereocenters. The Kier molecular flexibility index (Phi) is 6.44. The lowest BCUT2D eigenvalue weighted by molar-refractivity contribution is -0.118. The second kappa shape index (κ2) is 8.55. The van der Waals surface area contributed by atoms with Crippen LogP contribution in [0.25, 0.3) is 0 Å². The number of methoxy groups -OCH3 is 1. The Balaban J connectivity index is 1.80. The molecular formula is C19H21NO3S. The molecule has 0 heterocycles. The van der Waals surface area contributed by atoms with Crippen molar-refractivity contribution in [2.75, 3.05) is 12.9 Å². The zero-order valence-corrected chi connectivity index (χ0v) is 14.9. The molecule has 0 saturated carbocycles. The summed E-state index contributed by atoms with van der Waals surface area (Å²) >= 11 is 1.52. The summed E-state index contributed by atoms with van der Waals surface area (Å²) in [6.07, 6.45) is 0. The third kappa shape index (κ3) is 5.13. The maximum Gasteiger partial charge on any atom is 0.337 e. The van der Waals surface area contributed by atoms with Crippen molar-refractivity contribution in [2.45, 2.75) is 25.3 Å². The minimum absolute atomic E-state index is 0.0183. The number of benzene rings is 2. The number of hydrogen-bond donors (Lipinski definition) is 1. The number of aryl methyl sites for hydroxylation is 2. The molecule has 2 rings (SSSR count). The van der Waals surface area contributed by atoms with E-state index in [1.165, 1.54) is 30.0 Å². The summed E-state index contributed by atoms with van der Waals surface area (Å²) in [5, 5.41) is 2.88. The summed E-state index contributed by atoms with van der Waals surface area (Å²) in [5.74, 6) is -0.00593. The van der Waals surface area contributed by atoms with Crippen LogP contribution in [0.3, 0.4) is 0 Å². The van der Waals surface area contributed by atoms with Crippen molar-refractivity contribution < 1.29 is 14.3 Å². The number of carbonyl (C=O) groups excluding carboxylic acids is 2. The number of ether oxygens (including phenoxy) is 1. The minimum atomic E-state index is -0.365. The number of carbonyl (C=O) groups is 2. The van der Waals surface area contributed by atoms with Gasteiger partial charge in [-0.15, -0.1) is 11.8 Å². The first kappa shape index (κ1) is 18.1. The molecule has 0 aliphatic rings. The maximum absolute atomic E-state index is 12.0. The van der Waals surface area contributed by atoms with Crippen LogP contribution in [0, 0.1) is 13.8 Å². The first-order valence-electron chi connectivity index (χ1n) is 7.63. The van der Waals surface area contributed by atoms with Gasteiger partial charge < -0.3 is 10.1 Å². The molecular weight excluding hydrogens is 322 g/mol. The van der Waals surface area contributed by atoms with Gasteiger partial charge in [0.05, 0.1) is 18.4 Å². The molecule has 0 aliphatic heterocycles. The Morgan fingerprint density at radius 3 is 2.38 bits per heavy atom. The number of nitrogens with one attached hydrogen (secondary N) is 1. The zero-order chi connectivity index (χ0) is 17.5. The van der Waals surface area contributed by atoms with Gasteiger partial charge in [0.1, 0.15) is 0 Å². The van der Waals surface area contributed by atoms with Crippen LogP contribution in [0.1, 0.15) is 27.0 Å².